The van der Waals surface area contributed by atoms with E-state index in [9.17, 15) is 9.59 Å². The molecule has 0 unspecified atom stereocenters. The number of carbonyl (C=O) groups excluding carboxylic acids is 2. The highest BCUT2D eigenvalue weighted by Crippen LogP contribution is 2.19. The van der Waals surface area contributed by atoms with Crippen molar-refractivity contribution in [1.29, 1.82) is 0 Å². The van der Waals surface area contributed by atoms with Crippen LogP contribution in [0.15, 0.2) is 54.6 Å². The normalized spacial score (nSPS) is 17.0. The molecule has 7 heteroatoms. The highest BCUT2D eigenvalue weighted by Gasteiger charge is 2.35. The van der Waals surface area contributed by atoms with Crippen molar-refractivity contribution >= 4 is 17.6 Å². The summed E-state index contributed by atoms with van der Waals surface area (Å²) in [6.07, 6.45) is 1.90. The predicted molar refractivity (Wildman–Crippen MR) is 111 cm³/mol. The van der Waals surface area contributed by atoms with Crippen molar-refractivity contribution in [3.05, 3.63) is 71.3 Å². The monoisotopic (exact) mass is 394 g/mol. The third kappa shape index (κ3) is 5.20. The first kappa shape index (κ1) is 20.5. The molecule has 2 amide bonds. The second-order valence-corrected chi connectivity index (χ2v) is 7.36. The van der Waals surface area contributed by atoms with Gasteiger partial charge in [0, 0.05) is 13.1 Å². The Morgan fingerprint density at radius 3 is 2.45 bits per heavy atom. The molecule has 1 saturated heterocycles. The molecule has 0 spiro atoms. The predicted octanol–water partition coefficient (Wildman–Crippen LogP) is -0.672. The zero-order chi connectivity index (χ0) is 20.8. The van der Waals surface area contributed by atoms with Crippen LogP contribution in [0.1, 0.15) is 29.5 Å². The van der Waals surface area contributed by atoms with Crippen LogP contribution in [0.2, 0.25) is 0 Å². The number of amides is 2. The van der Waals surface area contributed by atoms with Gasteiger partial charge in [-0.3, -0.25) is 20.7 Å². The molecule has 1 heterocycles. The fourth-order valence-corrected chi connectivity index (χ4v) is 3.59. The molecule has 0 radical (unpaired) electrons. The van der Waals surface area contributed by atoms with E-state index >= 15 is 0 Å². The zero-order valence-corrected chi connectivity index (χ0v) is 16.4. The Hall–Kier alpha value is -3.19. The van der Waals surface area contributed by atoms with Gasteiger partial charge in [-0.1, -0.05) is 42.5 Å². The highest BCUT2D eigenvalue weighted by atomic mass is 16.2. The van der Waals surface area contributed by atoms with Crippen LogP contribution in [-0.4, -0.2) is 41.2 Å². The van der Waals surface area contributed by atoms with Gasteiger partial charge >= 0.3 is 0 Å². The van der Waals surface area contributed by atoms with E-state index in [4.69, 9.17) is 16.9 Å². The van der Waals surface area contributed by atoms with Gasteiger partial charge in [0.2, 0.25) is 11.8 Å². The summed E-state index contributed by atoms with van der Waals surface area (Å²) in [7, 11) is 0. The summed E-state index contributed by atoms with van der Waals surface area (Å²) < 4.78 is 0. The first-order chi connectivity index (χ1) is 14.0. The zero-order valence-electron chi connectivity index (χ0n) is 16.4. The van der Waals surface area contributed by atoms with E-state index in [1.165, 1.54) is 0 Å². The molecular formula is C22H28N5O2+. The standard InChI is InChI=1S/C22H27N5O2/c23-18(13-15-5-2-1-3-6-15)22(29)27-12-4-7-19(27)21(28)26-14-16-8-10-17(11-9-16)20(24)25/h1-3,5-6,8-11,18-19H,4,7,12-14,23H2,(H3,24,25)(H,26,28)/p+1/t18-,19+/m1/s1. The SMILES string of the molecule is NC(=[NH2+])c1ccc(CNC(=O)[C@@H]2CCCN2C(=O)[C@H](N)Cc2ccccc2)cc1. The van der Waals surface area contributed by atoms with Gasteiger partial charge in [0.05, 0.1) is 11.6 Å². The lowest BCUT2D eigenvalue weighted by molar-refractivity contribution is -0.139. The quantitative estimate of drug-likeness (QED) is 0.367. The summed E-state index contributed by atoms with van der Waals surface area (Å²) in [6.45, 7) is 0.928. The molecule has 2 aromatic carbocycles. The summed E-state index contributed by atoms with van der Waals surface area (Å²) in [5.41, 5.74) is 14.4. The first-order valence-electron chi connectivity index (χ1n) is 9.80. The van der Waals surface area contributed by atoms with Crippen molar-refractivity contribution in [2.75, 3.05) is 6.54 Å². The summed E-state index contributed by atoms with van der Waals surface area (Å²) in [6, 6.07) is 15.9. The number of hydrogen-bond acceptors (Lipinski definition) is 3. The number of benzene rings is 2. The second-order valence-electron chi connectivity index (χ2n) is 7.36. The van der Waals surface area contributed by atoms with Crippen molar-refractivity contribution in [2.45, 2.75) is 37.9 Å². The Morgan fingerprint density at radius 1 is 1.10 bits per heavy atom. The molecule has 1 fully saturated rings. The van der Waals surface area contributed by atoms with E-state index in [0.29, 0.717) is 25.9 Å². The van der Waals surface area contributed by atoms with Gasteiger partial charge in [0.25, 0.3) is 5.84 Å². The smallest absolute Gasteiger partial charge is 0.270 e. The van der Waals surface area contributed by atoms with Gasteiger partial charge < -0.3 is 16.0 Å². The molecule has 7 N–H and O–H groups in total. The summed E-state index contributed by atoms with van der Waals surface area (Å²) in [5.74, 6) is -0.0749. The second kappa shape index (κ2) is 9.34. The van der Waals surface area contributed by atoms with Crippen LogP contribution in [0.3, 0.4) is 0 Å². The number of nitrogens with two attached hydrogens (primary N) is 3. The number of nitrogens with one attached hydrogen (secondary N) is 1. The molecule has 2 aromatic rings. The van der Waals surface area contributed by atoms with Crippen LogP contribution in [0.5, 0.6) is 0 Å². The van der Waals surface area contributed by atoms with Gasteiger partial charge in [-0.2, -0.15) is 0 Å². The summed E-state index contributed by atoms with van der Waals surface area (Å²) in [4.78, 5) is 27.2. The van der Waals surface area contributed by atoms with E-state index in [1.54, 1.807) is 4.90 Å². The Bertz CT molecular complexity index is 867. The lowest BCUT2D eigenvalue weighted by atomic mass is 10.1. The van der Waals surface area contributed by atoms with Crippen LogP contribution in [-0.2, 0) is 22.6 Å². The third-order valence-corrected chi connectivity index (χ3v) is 5.21. The lowest BCUT2D eigenvalue weighted by Gasteiger charge is -2.26. The molecule has 0 saturated carbocycles. The molecule has 29 heavy (non-hydrogen) atoms. The van der Waals surface area contributed by atoms with Crippen LogP contribution < -0.4 is 22.2 Å². The molecule has 0 bridgehead atoms. The summed E-state index contributed by atoms with van der Waals surface area (Å²) >= 11 is 0. The lowest BCUT2D eigenvalue weighted by Crippen LogP contribution is -2.51. The third-order valence-electron chi connectivity index (χ3n) is 5.21. The molecule has 1 aliphatic rings. The van der Waals surface area contributed by atoms with Crippen molar-refractivity contribution in [3.63, 3.8) is 0 Å². The number of nitrogens with zero attached hydrogens (tertiary/aromatic N) is 1. The average Bonchev–Trinajstić information content (AvgIpc) is 3.22. The molecule has 7 nitrogen and oxygen atoms in total. The Labute approximate surface area is 170 Å². The van der Waals surface area contributed by atoms with Gasteiger partial charge in [-0.05, 0) is 42.5 Å². The van der Waals surface area contributed by atoms with E-state index in [0.717, 1.165) is 23.1 Å². The fourth-order valence-electron chi connectivity index (χ4n) is 3.59. The molecule has 2 atom stereocenters. The van der Waals surface area contributed by atoms with Crippen LogP contribution in [0.25, 0.3) is 0 Å². The van der Waals surface area contributed by atoms with E-state index in [-0.39, 0.29) is 17.6 Å². The van der Waals surface area contributed by atoms with Gasteiger partial charge in [0.1, 0.15) is 6.04 Å². The highest BCUT2D eigenvalue weighted by molar-refractivity contribution is 5.92. The Morgan fingerprint density at radius 2 is 1.79 bits per heavy atom. The number of carbonyl (C=O) groups is 2. The molecule has 152 valence electrons. The topological polar surface area (TPSA) is 127 Å². The number of hydrogen-bond donors (Lipinski definition) is 4. The van der Waals surface area contributed by atoms with Crippen molar-refractivity contribution < 1.29 is 15.0 Å². The average molecular weight is 394 g/mol. The van der Waals surface area contributed by atoms with Gasteiger partial charge in [-0.25, -0.2) is 0 Å². The van der Waals surface area contributed by atoms with E-state index in [1.807, 2.05) is 54.6 Å². The van der Waals surface area contributed by atoms with E-state index < -0.39 is 12.1 Å². The van der Waals surface area contributed by atoms with Gasteiger partial charge in [0.15, 0.2) is 0 Å². The van der Waals surface area contributed by atoms with Crippen molar-refractivity contribution in [3.8, 4) is 0 Å². The molecule has 0 aliphatic carbocycles. The molecule has 0 aromatic heterocycles. The fraction of sp³-hybridized carbons (Fsp3) is 0.318. The minimum absolute atomic E-state index is 0.156. The maximum Gasteiger partial charge on any atom is 0.270 e. The Kier molecular flexibility index (Phi) is 6.61. The first-order valence-corrected chi connectivity index (χ1v) is 9.80. The molecule has 1 aliphatic heterocycles. The van der Waals surface area contributed by atoms with Crippen LogP contribution in [0.4, 0.5) is 0 Å². The Balaban J connectivity index is 1.56. The van der Waals surface area contributed by atoms with E-state index in [2.05, 4.69) is 5.32 Å². The summed E-state index contributed by atoms with van der Waals surface area (Å²) in [5, 5.41) is 8.48. The van der Waals surface area contributed by atoms with Crippen LogP contribution >= 0.6 is 0 Å². The molecule has 3 rings (SSSR count). The number of likely N-dealkylation sites (tertiary alicyclic amines) is 1. The van der Waals surface area contributed by atoms with Crippen molar-refractivity contribution in [1.82, 2.24) is 10.2 Å². The number of rotatable bonds is 7. The maximum atomic E-state index is 12.8. The minimum atomic E-state index is -0.656. The largest absolute Gasteiger partial charge is 0.350 e. The minimum Gasteiger partial charge on any atom is -0.350 e. The maximum absolute atomic E-state index is 12.8. The number of amidine groups is 1. The molecular weight excluding hydrogens is 366 g/mol. The van der Waals surface area contributed by atoms with Crippen molar-refractivity contribution in [2.24, 2.45) is 11.5 Å². The van der Waals surface area contributed by atoms with Gasteiger partial charge in [-0.15, -0.1) is 0 Å². The van der Waals surface area contributed by atoms with Crippen LogP contribution in [0, 0.1) is 0 Å².